The van der Waals surface area contributed by atoms with E-state index in [2.05, 4.69) is 15.7 Å². The van der Waals surface area contributed by atoms with Gasteiger partial charge < -0.3 is 0 Å². The molecule has 0 saturated heterocycles. The first-order chi connectivity index (χ1) is 6.42. The number of nitrogens with zero attached hydrogens (tertiary/aromatic N) is 3. The molecule has 3 nitrogen and oxygen atoms in total. The number of aromatic nitrogens is 2. The normalized spacial score (nSPS) is 9.46. The van der Waals surface area contributed by atoms with Crippen molar-refractivity contribution < 1.29 is 0 Å². The topological polar surface area (TPSA) is 49.6 Å². The zero-order valence-corrected chi connectivity index (χ0v) is 7.45. The van der Waals surface area contributed by atoms with Gasteiger partial charge in [-0.2, -0.15) is 5.26 Å². The first-order valence-electron chi connectivity index (χ1n) is 3.68. The average molecular weight is 187 g/mol. The van der Waals surface area contributed by atoms with E-state index >= 15 is 0 Å². The van der Waals surface area contributed by atoms with Crippen molar-refractivity contribution in [3.8, 4) is 17.3 Å². The fourth-order valence-corrected chi connectivity index (χ4v) is 1.54. The lowest BCUT2D eigenvalue weighted by molar-refractivity contribution is 1.16. The minimum Gasteiger partial charge on any atom is -0.192 e. The Kier molecular flexibility index (Phi) is 2.02. The van der Waals surface area contributed by atoms with E-state index in [1.165, 1.54) is 11.5 Å². The van der Waals surface area contributed by atoms with Gasteiger partial charge in [0.2, 0.25) is 0 Å². The zero-order valence-electron chi connectivity index (χ0n) is 6.64. The summed E-state index contributed by atoms with van der Waals surface area (Å²) in [5, 5.41) is 14.6. The highest BCUT2D eigenvalue weighted by molar-refractivity contribution is 7.03. The third kappa shape index (κ3) is 1.42. The highest BCUT2D eigenvalue weighted by Crippen LogP contribution is 2.21. The molecule has 0 aliphatic carbocycles. The number of benzene rings is 1. The Morgan fingerprint density at radius 3 is 2.85 bits per heavy atom. The standard InChI is InChI=1S/C9H5N3S/c10-5-7-3-1-2-4-8(7)9-6-13-12-11-9/h1-4,6H. The maximum absolute atomic E-state index is 8.82. The van der Waals surface area contributed by atoms with Crippen LogP contribution < -0.4 is 0 Å². The van der Waals surface area contributed by atoms with E-state index in [0.717, 1.165) is 11.3 Å². The highest BCUT2D eigenvalue weighted by atomic mass is 32.1. The van der Waals surface area contributed by atoms with E-state index in [1.807, 2.05) is 23.6 Å². The molecule has 0 N–H and O–H groups in total. The zero-order chi connectivity index (χ0) is 9.10. The maximum Gasteiger partial charge on any atom is 0.107 e. The van der Waals surface area contributed by atoms with Crippen LogP contribution in [0.15, 0.2) is 29.6 Å². The molecule has 1 heterocycles. The van der Waals surface area contributed by atoms with Gasteiger partial charge >= 0.3 is 0 Å². The van der Waals surface area contributed by atoms with Crippen molar-refractivity contribution in [2.75, 3.05) is 0 Å². The molecule has 1 aromatic carbocycles. The van der Waals surface area contributed by atoms with Crippen LogP contribution in [-0.2, 0) is 0 Å². The summed E-state index contributed by atoms with van der Waals surface area (Å²) in [7, 11) is 0. The van der Waals surface area contributed by atoms with Crippen LogP contribution in [0.3, 0.4) is 0 Å². The molecule has 0 saturated carbocycles. The number of hydrogen-bond donors (Lipinski definition) is 0. The second kappa shape index (κ2) is 3.33. The molecule has 0 bridgehead atoms. The van der Waals surface area contributed by atoms with Crippen LogP contribution in [0.4, 0.5) is 0 Å². The van der Waals surface area contributed by atoms with E-state index in [0.29, 0.717) is 5.56 Å². The summed E-state index contributed by atoms with van der Waals surface area (Å²) in [6.07, 6.45) is 0. The van der Waals surface area contributed by atoms with Gasteiger partial charge in [-0.3, -0.25) is 0 Å². The Bertz CT molecular complexity index is 442. The second-order valence-electron chi connectivity index (χ2n) is 2.45. The van der Waals surface area contributed by atoms with Crippen molar-refractivity contribution in [1.29, 1.82) is 5.26 Å². The fourth-order valence-electron chi connectivity index (χ4n) is 1.09. The van der Waals surface area contributed by atoms with Gasteiger partial charge in [0.1, 0.15) is 5.69 Å². The summed E-state index contributed by atoms with van der Waals surface area (Å²) in [6.45, 7) is 0. The molecule has 0 fully saturated rings. The average Bonchev–Trinajstić information content (AvgIpc) is 2.70. The lowest BCUT2D eigenvalue weighted by atomic mass is 10.1. The Morgan fingerprint density at radius 2 is 2.15 bits per heavy atom. The molecule has 0 unspecified atom stereocenters. The van der Waals surface area contributed by atoms with E-state index in [1.54, 1.807) is 6.07 Å². The smallest absolute Gasteiger partial charge is 0.107 e. The second-order valence-corrected chi connectivity index (χ2v) is 3.06. The van der Waals surface area contributed by atoms with Crippen molar-refractivity contribution in [3.05, 3.63) is 35.2 Å². The molecule has 0 aliphatic heterocycles. The van der Waals surface area contributed by atoms with Crippen molar-refractivity contribution in [1.82, 2.24) is 9.59 Å². The van der Waals surface area contributed by atoms with Crippen molar-refractivity contribution >= 4 is 11.5 Å². The molecule has 4 heteroatoms. The molecule has 62 valence electrons. The van der Waals surface area contributed by atoms with Crippen LogP contribution in [0.1, 0.15) is 5.56 Å². The lowest BCUT2D eigenvalue weighted by Gasteiger charge is -1.96. The van der Waals surface area contributed by atoms with Gasteiger partial charge in [0, 0.05) is 10.9 Å². The van der Waals surface area contributed by atoms with Crippen LogP contribution in [0.2, 0.25) is 0 Å². The minimum absolute atomic E-state index is 0.634. The van der Waals surface area contributed by atoms with E-state index < -0.39 is 0 Å². The van der Waals surface area contributed by atoms with Crippen LogP contribution in [-0.4, -0.2) is 9.59 Å². The van der Waals surface area contributed by atoms with Gasteiger partial charge in [-0.05, 0) is 17.6 Å². The van der Waals surface area contributed by atoms with Crippen LogP contribution >= 0.6 is 11.5 Å². The number of rotatable bonds is 1. The van der Waals surface area contributed by atoms with Crippen molar-refractivity contribution in [2.24, 2.45) is 0 Å². The van der Waals surface area contributed by atoms with Gasteiger partial charge in [0.25, 0.3) is 0 Å². The molecule has 0 aliphatic rings. The summed E-state index contributed by atoms with van der Waals surface area (Å²) in [6, 6.07) is 9.48. The quantitative estimate of drug-likeness (QED) is 0.686. The highest BCUT2D eigenvalue weighted by Gasteiger charge is 2.05. The summed E-state index contributed by atoms with van der Waals surface area (Å²) in [4.78, 5) is 0. The Hall–Kier alpha value is -1.73. The molecule has 2 rings (SSSR count). The molecule has 0 atom stereocenters. The summed E-state index contributed by atoms with van der Waals surface area (Å²) in [5.41, 5.74) is 2.25. The molecule has 0 amide bonds. The van der Waals surface area contributed by atoms with Gasteiger partial charge in [0.05, 0.1) is 11.6 Å². The van der Waals surface area contributed by atoms with Gasteiger partial charge in [0.15, 0.2) is 0 Å². The predicted octanol–water partition coefficient (Wildman–Crippen LogP) is 2.08. The van der Waals surface area contributed by atoms with E-state index in [9.17, 15) is 0 Å². The van der Waals surface area contributed by atoms with Crippen molar-refractivity contribution in [2.45, 2.75) is 0 Å². The minimum atomic E-state index is 0.634. The number of hydrogen-bond acceptors (Lipinski definition) is 4. The maximum atomic E-state index is 8.82. The summed E-state index contributed by atoms with van der Waals surface area (Å²) in [5.74, 6) is 0. The van der Waals surface area contributed by atoms with E-state index in [4.69, 9.17) is 5.26 Å². The molecule has 0 spiro atoms. The monoisotopic (exact) mass is 187 g/mol. The molecule has 13 heavy (non-hydrogen) atoms. The summed E-state index contributed by atoms with van der Waals surface area (Å²) < 4.78 is 3.76. The molecular formula is C9H5N3S. The lowest BCUT2D eigenvalue weighted by Crippen LogP contribution is -1.83. The summed E-state index contributed by atoms with van der Waals surface area (Å²) >= 11 is 1.28. The van der Waals surface area contributed by atoms with Crippen LogP contribution in [0.5, 0.6) is 0 Å². The van der Waals surface area contributed by atoms with Gasteiger partial charge in [-0.15, -0.1) is 5.10 Å². The molecular weight excluding hydrogens is 182 g/mol. The van der Waals surface area contributed by atoms with Gasteiger partial charge in [-0.25, -0.2) is 0 Å². The Balaban J connectivity index is 2.59. The first kappa shape index (κ1) is 7.90. The number of nitriles is 1. The molecule has 0 radical (unpaired) electrons. The SMILES string of the molecule is N#Cc1ccccc1-c1csnn1. The Morgan fingerprint density at radius 1 is 1.31 bits per heavy atom. The van der Waals surface area contributed by atoms with E-state index in [-0.39, 0.29) is 0 Å². The largest absolute Gasteiger partial charge is 0.192 e. The van der Waals surface area contributed by atoms with Crippen LogP contribution in [0.25, 0.3) is 11.3 Å². The molecule has 1 aromatic heterocycles. The molecule has 2 aromatic rings. The van der Waals surface area contributed by atoms with Gasteiger partial charge in [-0.1, -0.05) is 22.7 Å². The third-order valence-electron chi connectivity index (χ3n) is 1.68. The van der Waals surface area contributed by atoms with Crippen LogP contribution in [0, 0.1) is 11.3 Å². The van der Waals surface area contributed by atoms with Crippen molar-refractivity contribution in [3.63, 3.8) is 0 Å². The third-order valence-corrected chi connectivity index (χ3v) is 2.19. The predicted molar refractivity (Wildman–Crippen MR) is 50.1 cm³/mol. The first-order valence-corrected chi connectivity index (χ1v) is 4.52. The Labute approximate surface area is 79.4 Å². The fraction of sp³-hybridized carbons (Fsp3) is 0.